The maximum atomic E-state index is 11.1. The highest BCUT2D eigenvalue weighted by Gasteiger charge is 2.03. The first-order valence-corrected chi connectivity index (χ1v) is 4.46. The minimum atomic E-state index is -0.273. The topological polar surface area (TPSA) is 64.9 Å². The molecule has 0 heterocycles. The molecule has 0 aromatic rings. The largest absolute Gasteiger partial charge is 0.355 e. The van der Waals surface area contributed by atoms with Crippen LogP contribution in [0.25, 0.3) is 0 Å². The van der Waals surface area contributed by atoms with E-state index in [9.17, 15) is 4.79 Å². The molecule has 0 bridgehead atoms. The van der Waals surface area contributed by atoms with Crippen molar-refractivity contribution in [2.75, 3.05) is 13.1 Å². The Morgan fingerprint density at radius 3 is 2.54 bits per heavy atom. The summed E-state index contributed by atoms with van der Waals surface area (Å²) in [6.45, 7) is 6.68. The smallest absolute Gasteiger partial charge is 0.234 e. The highest BCUT2D eigenvalue weighted by atomic mass is 16.1. The lowest BCUT2D eigenvalue weighted by atomic mass is 10.2. The van der Waals surface area contributed by atoms with Crippen molar-refractivity contribution < 1.29 is 4.79 Å². The third-order valence-electron chi connectivity index (χ3n) is 1.47. The molecule has 0 aromatic heterocycles. The number of hydrogen-bond acceptors (Lipinski definition) is 3. The van der Waals surface area contributed by atoms with E-state index in [0.29, 0.717) is 12.5 Å². The Hall–Kier alpha value is -1.08. The average molecular weight is 183 g/mol. The summed E-state index contributed by atoms with van der Waals surface area (Å²) in [7, 11) is 0. The minimum absolute atomic E-state index is 0.0594. The van der Waals surface area contributed by atoms with Crippen LogP contribution in [0.15, 0.2) is 0 Å². The summed E-state index contributed by atoms with van der Waals surface area (Å²) in [5, 5.41) is 14.0. The number of carbonyl (C=O) groups excluding carboxylic acids is 1. The Labute approximate surface area is 79.3 Å². The first-order chi connectivity index (χ1) is 6.06. The standard InChI is InChI=1S/C9H17N3O/c1-7(2)5-12-9(13)6-11-8(3)4-10/h7-8,11H,5-6H2,1-3H3,(H,12,13). The summed E-state index contributed by atoms with van der Waals surface area (Å²) in [4.78, 5) is 11.1. The van der Waals surface area contributed by atoms with E-state index in [-0.39, 0.29) is 18.5 Å². The van der Waals surface area contributed by atoms with Crippen molar-refractivity contribution in [3.8, 4) is 6.07 Å². The molecular weight excluding hydrogens is 166 g/mol. The van der Waals surface area contributed by atoms with Crippen molar-refractivity contribution in [2.24, 2.45) is 5.92 Å². The highest BCUT2D eigenvalue weighted by molar-refractivity contribution is 5.78. The maximum Gasteiger partial charge on any atom is 0.234 e. The van der Waals surface area contributed by atoms with Crippen LogP contribution in [0.2, 0.25) is 0 Å². The van der Waals surface area contributed by atoms with E-state index in [0.717, 1.165) is 0 Å². The van der Waals surface area contributed by atoms with Crippen LogP contribution in [0, 0.1) is 17.2 Å². The van der Waals surface area contributed by atoms with Gasteiger partial charge in [0.2, 0.25) is 5.91 Å². The van der Waals surface area contributed by atoms with Gasteiger partial charge in [-0.25, -0.2) is 0 Å². The molecule has 0 aliphatic rings. The fourth-order valence-corrected chi connectivity index (χ4v) is 0.672. The zero-order valence-corrected chi connectivity index (χ0v) is 8.42. The zero-order chi connectivity index (χ0) is 10.3. The van der Waals surface area contributed by atoms with Gasteiger partial charge in [0.05, 0.1) is 18.7 Å². The molecule has 1 unspecified atom stereocenters. The Morgan fingerprint density at radius 1 is 1.46 bits per heavy atom. The molecule has 4 heteroatoms. The summed E-state index contributed by atoms with van der Waals surface area (Å²) in [5.74, 6) is 0.396. The quantitative estimate of drug-likeness (QED) is 0.642. The Bertz CT molecular complexity index is 196. The van der Waals surface area contributed by atoms with Crippen LogP contribution in [-0.4, -0.2) is 25.0 Å². The SMILES string of the molecule is CC(C)CNC(=O)CNC(C)C#N. The van der Waals surface area contributed by atoms with Crippen molar-refractivity contribution in [1.82, 2.24) is 10.6 Å². The second-order valence-electron chi connectivity index (χ2n) is 3.43. The fourth-order valence-electron chi connectivity index (χ4n) is 0.672. The minimum Gasteiger partial charge on any atom is -0.355 e. The lowest BCUT2D eigenvalue weighted by molar-refractivity contribution is -0.120. The monoisotopic (exact) mass is 183 g/mol. The molecule has 0 fully saturated rings. The summed E-state index contributed by atoms with van der Waals surface area (Å²) in [6.07, 6.45) is 0. The highest BCUT2D eigenvalue weighted by Crippen LogP contribution is 1.86. The van der Waals surface area contributed by atoms with Crippen molar-refractivity contribution >= 4 is 5.91 Å². The first kappa shape index (κ1) is 11.9. The van der Waals surface area contributed by atoms with Gasteiger partial charge in [-0.1, -0.05) is 13.8 Å². The van der Waals surface area contributed by atoms with Crippen molar-refractivity contribution in [3.63, 3.8) is 0 Å². The van der Waals surface area contributed by atoms with E-state index < -0.39 is 0 Å². The first-order valence-electron chi connectivity index (χ1n) is 4.46. The van der Waals surface area contributed by atoms with Gasteiger partial charge in [0.1, 0.15) is 0 Å². The molecule has 74 valence electrons. The molecule has 13 heavy (non-hydrogen) atoms. The van der Waals surface area contributed by atoms with Gasteiger partial charge in [-0.05, 0) is 12.8 Å². The Morgan fingerprint density at radius 2 is 2.08 bits per heavy atom. The molecule has 0 saturated heterocycles. The van der Waals surface area contributed by atoms with E-state index >= 15 is 0 Å². The van der Waals surface area contributed by atoms with Gasteiger partial charge in [0, 0.05) is 6.54 Å². The van der Waals surface area contributed by atoms with Crippen LogP contribution >= 0.6 is 0 Å². The zero-order valence-electron chi connectivity index (χ0n) is 8.42. The van der Waals surface area contributed by atoms with Crippen LogP contribution in [0.3, 0.4) is 0 Å². The number of rotatable bonds is 5. The molecule has 2 N–H and O–H groups in total. The fraction of sp³-hybridized carbons (Fsp3) is 0.778. The predicted molar refractivity (Wildman–Crippen MR) is 50.9 cm³/mol. The lowest BCUT2D eigenvalue weighted by Crippen LogP contribution is -2.38. The van der Waals surface area contributed by atoms with E-state index in [4.69, 9.17) is 5.26 Å². The van der Waals surface area contributed by atoms with Gasteiger partial charge in [0.15, 0.2) is 0 Å². The van der Waals surface area contributed by atoms with Crippen molar-refractivity contribution in [1.29, 1.82) is 5.26 Å². The van der Waals surface area contributed by atoms with Crippen LogP contribution < -0.4 is 10.6 Å². The van der Waals surface area contributed by atoms with Gasteiger partial charge >= 0.3 is 0 Å². The Balaban J connectivity index is 3.47. The Kier molecular flexibility index (Phi) is 5.90. The molecular formula is C9H17N3O. The number of carbonyl (C=O) groups is 1. The van der Waals surface area contributed by atoms with Gasteiger partial charge in [-0.15, -0.1) is 0 Å². The average Bonchev–Trinajstić information content (AvgIpc) is 2.10. The molecule has 1 amide bonds. The third kappa shape index (κ3) is 7.29. The van der Waals surface area contributed by atoms with Crippen LogP contribution in [0.4, 0.5) is 0 Å². The van der Waals surface area contributed by atoms with Gasteiger partial charge in [-0.2, -0.15) is 5.26 Å². The molecule has 0 aromatic carbocycles. The third-order valence-corrected chi connectivity index (χ3v) is 1.47. The number of amides is 1. The van der Waals surface area contributed by atoms with Crippen LogP contribution in [0.5, 0.6) is 0 Å². The van der Waals surface area contributed by atoms with Crippen molar-refractivity contribution in [3.05, 3.63) is 0 Å². The summed E-state index contributed by atoms with van der Waals surface area (Å²) < 4.78 is 0. The second kappa shape index (κ2) is 6.44. The van der Waals surface area contributed by atoms with Crippen LogP contribution in [0.1, 0.15) is 20.8 Å². The maximum absolute atomic E-state index is 11.1. The van der Waals surface area contributed by atoms with Gasteiger partial charge < -0.3 is 5.32 Å². The van der Waals surface area contributed by atoms with Gasteiger partial charge in [0.25, 0.3) is 0 Å². The molecule has 4 nitrogen and oxygen atoms in total. The van der Waals surface area contributed by atoms with E-state index in [1.165, 1.54) is 0 Å². The second-order valence-corrected chi connectivity index (χ2v) is 3.43. The number of nitrogens with one attached hydrogen (secondary N) is 2. The normalized spacial score (nSPS) is 12.2. The van der Waals surface area contributed by atoms with Crippen molar-refractivity contribution in [2.45, 2.75) is 26.8 Å². The lowest BCUT2D eigenvalue weighted by Gasteiger charge is -2.08. The van der Waals surface area contributed by atoms with Gasteiger partial charge in [-0.3, -0.25) is 10.1 Å². The molecule has 0 spiro atoms. The van der Waals surface area contributed by atoms with E-state index in [1.54, 1.807) is 6.92 Å². The summed E-state index contributed by atoms with van der Waals surface area (Å²) in [6, 6.07) is 1.72. The van der Waals surface area contributed by atoms with E-state index in [2.05, 4.69) is 10.6 Å². The summed E-state index contributed by atoms with van der Waals surface area (Å²) >= 11 is 0. The van der Waals surface area contributed by atoms with Crippen LogP contribution in [-0.2, 0) is 4.79 Å². The molecule has 0 aliphatic heterocycles. The molecule has 0 rings (SSSR count). The number of nitriles is 1. The predicted octanol–water partition coefficient (Wildman–Crippen LogP) is 0.260. The molecule has 0 radical (unpaired) electrons. The molecule has 0 saturated carbocycles. The number of hydrogen-bond donors (Lipinski definition) is 2. The summed E-state index contributed by atoms with van der Waals surface area (Å²) in [5.41, 5.74) is 0. The van der Waals surface area contributed by atoms with E-state index in [1.807, 2.05) is 19.9 Å². The molecule has 1 atom stereocenters. The molecule has 0 aliphatic carbocycles. The number of nitrogens with zero attached hydrogens (tertiary/aromatic N) is 1.